The van der Waals surface area contributed by atoms with Gasteiger partial charge in [0, 0.05) is 0 Å². The van der Waals surface area contributed by atoms with Crippen LogP contribution >= 0.6 is 34.8 Å². The number of ether oxygens (including phenoxy) is 3. The van der Waals surface area contributed by atoms with Crippen molar-refractivity contribution in [1.82, 2.24) is 0 Å². The molecule has 0 spiro atoms. The van der Waals surface area contributed by atoms with E-state index in [0.29, 0.717) is 11.5 Å². The molecule has 0 fully saturated rings. The summed E-state index contributed by atoms with van der Waals surface area (Å²) in [5.41, 5.74) is 1.67. The highest BCUT2D eigenvalue weighted by Gasteiger charge is 2.35. The second-order valence-electron chi connectivity index (χ2n) is 4.86. The van der Waals surface area contributed by atoms with Gasteiger partial charge in [0.1, 0.15) is 5.75 Å². The molecule has 3 nitrogen and oxygen atoms in total. The fraction of sp³-hybridized carbons (Fsp3) is 0.294. The second kappa shape index (κ2) is 7.52. The Morgan fingerprint density at radius 1 is 0.739 bits per heavy atom. The molecule has 0 aliphatic heterocycles. The molecule has 0 aromatic heterocycles. The molecular formula is C17H17Cl3O3. The Hall–Kier alpha value is -1.29. The Morgan fingerprint density at radius 3 is 1.78 bits per heavy atom. The van der Waals surface area contributed by atoms with Crippen LogP contribution in [0.3, 0.4) is 0 Å². The van der Waals surface area contributed by atoms with Crippen LogP contribution in [-0.2, 0) is 0 Å². The highest BCUT2D eigenvalue weighted by atomic mass is 35.6. The molecule has 0 aliphatic rings. The van der Waals surface area contributed by atoms with Gasteiger partial charge in [0.2, 0.25) is 3.79 Å². The molecule has 1 unspecified atom stereocenters. The van der Waals surface area contributed by atoms with Crippen LogP contribution in [-0.4, -0.2) is 25.1 Å². The molecule has 0 bridgehead atoms. The maximum atomic E-state index is 6.24. The number of benzene rings is 2. The quantitative estimate of drug-likeness (QED) is 0.671. The van der Waals surface area contributed by atoms with Crippen LogP contribution in [0.15, 0.2) is 42.5 Å². The first-order valence-electron chi connectivity index (χ1n) is 6.83. The van der Waals surface area contributed by atoms with Crippen molar-refractivity contribution in [2.75, 3.05) is 21.3 Å². The zero-order valence-electron chi connectivity index (χ0n) is 13.0. The molecule has 1 atom stereocenters. The van der Waals surface area contributed by atoms with Gasteiger partial charge in [0.05, 0.1) is 27.2 Å². The van der Waals surface area contributed by atoms with Gasteiger partial charge in [0.25, 0.3) is 0 Å². The van der Waals surface area contributed by atoms with E-state index in [2.05, 4.69) is 0 Å². The first kappa shape index (κ1) is 18.1. The van der Waals surface area contributed by atoms with E-state index in [4.69, 9.17) is 49.0 Å². The molecular weight excluding hydrogens is 359 g/mol. The Labute approximate surface area is 151 Å². The van der Waals surface area contributed by atoms with E-state index in [1.54, 1.807) is 27.4 Å². The van der Waals surface area contributed by atoms with Crippen LogP contribution in [0.2, 0.25) is 0 Å². The molecule has 0 aliphatic carbocycles. The monoisotopic (exact) mass is 374 g/mol. The van der Waals surface area contributed by atoms with Crippen molar-refractivity contribution in [3.8, 4) is 17.2 Å². The van der Waals surface area contributed by atoms with Gasteiger partial charge in [-0.1, -0.05) is 53.0 Å². The smallest absolute Gasteiger partial charge is 0.201 e. The van der Waals surface area contributed by atoms with E-state index in [1.165, 1.54) is 0 Å². The Kier molecular flexibility index (Phi) is 5.90. The number of rotatable bonds is 5. The summed E-state index contributed by atoms with van der Waals surface area (Å²) >= 11 is 18.7. The van der Waals surface area contributed by atoms with E-state index in [1.807, 2.05) is 36.4 Å². The van der Waals surface area contributed by atoms with E-state index < -0.39 is 9.71 Å². The topological polar surface area (TPSA) is 27.7 Å². The lowest BCUT2D eigenvalue weighted by Crippen LogP contribution is -2.18. The predicted octanol–water partition coefficient (Wildman–Crippen LogP) is 5.21. The van der Waals surface area contributed by atoms with Crippen molar-refractivity contribution >= 4 is 34.8 Å². The maximum absolute atomic E-state index is 6.24. The molecule has 124 valence electrons. The lowest BCUT2D eigenvalue weighted by atomic mass is 9.92. The minimum Gasteiger partial charge on any atom is -0.497 e. The van der Waals surface area contributed by atoms with Crippen LogP contribution < -0.4 is 14.2 Å². The molecule has 23 heavy (non-hydrogen) atoms. The Bertz CT molecular complexity index is 651. The van der Waals surface area contributed by atoms with Gasteiger partial charge in [-0.25, -0.2) is 0 Å². The van der Waals surface area contributed by atoms with Gasteiger partial charge < -0.3 is 14.2 Å². The molecule has 0 heterocycles. The summed E-state index contributed by atoms with van der Waals surface area (Å²) in [6.07, 6.45) is 0. The van der Waals surface area contributed by atoms with E-state index in [-0.39, 0.29) is 0 Å². The third kappa shape index (κ3) is 4.17. The van der Waals surface area contributed by atoms with Gasteiger partial charge >= 0.3 is 0 Å². The van der Waals surface area contributed by atoms with Crippen molar-refractivity contribution in [1.29, 1.82) is 0 Å². The maximum Gasteiger partial charge on any atom is 0.201 e. The van der Waals surface area contributed by atoms with Crippen molar-refractivity contribution in [3.05, 3.63) is 53.6 Å². The largest absolute Gasteiger partial charge is 0.497 e. The van der Waals surface area contributed by atoms with Gasteiger partial charge in [0.15, 0.2) is 11.5 Å². The van der Waals surface area contributed by atoms with Crippen molar-refractivity contribution in [2.24, 2.45) is 0 Å². The summed E-state index contributed by atoms with van der Waals surface area (Å²) in [7, 11) is 4.75. The number of alkyl halides is 3. The minimum atomic E-state index is -1.52. The summed E-state index contributed by atoms with van der Waals surface area (Å²) in [4.78, 5) is 0. The standard InChI is InChI=1S/C17H17Cl3O3/c1-21-13-7-4-11(5-8-13)16(17(18,19)20)12-6-9-14(22-2)15(10-12)23-3/h4-10,16H,1-3H3. The van der Waals surface area contributed by atoms with Gasteiger partial charge in [-0.3, -0.25) is 0 Å². The zero-order chi connectivity index (χ0) is 17.0. The highest BCUT2D eigenvalue weighted by Crippen LogP contribution is 2.47. The van der Waals surface area contributed by atoms with E-state index in [9.17, 15) is 0 Å². The lowest BCUT2D eigenvalue weighted by molar-refractivity contribution is 0.354. The van der Waals surface area contributed by atoms with Gasteiger partial charge in [-0.15, -0.1) is 0 Å². The number of hydrogen-bond donors (Lipinski definition) is 0. The van der Waals surface area contributed by atoms with Crippen LogP contribution in [0.1, 0.15) is 17.0 Å². The third-order valence-electron chi connectivity index (χ3n) is 3.52. The molecule has 0 N–H and O–H groups in total. The number of hydrogen-bond acceptors (Lipinski definition) is 3. The fourth-order valence-electron chi connectivity index (χ4n) is 2.40. The minimum absolute atomic E-state index is 0.460. The van der Waals surface area contributed by atoms with E-state index in [0.717, 1.165) is 16.9 Å². The average Bonchev–Trinajstić information content (AvgIpc) is 2.54. The highest BCUT2D eigenvalue weighted by molar-refractivity contribution is 6.68. The zero-order valence-corrected chi connectivity index (χ0v) is 15.2. The average molecular weight is 376 g/mol. The molecule has 0 radical (unpaired) electrons. The van der Waals surface area contributed by atoms with Crippen LogP contribution in [0.5, 0.6) is 17.2 Å². The molecule has 0 saturated heterocycles. The lowest BCUT2D eigenvalue weighted by Gasteiger charge is -2.26. The van der Waals surface area contributed by atoms with Crippen LogP contribution in [0, 0.1) is 0 Å². The molecule has 6 heteroatoms. The Morgan fingerprint density at radius 2 is 1.30 bits per heavy atom. The fourth-order valence-corrected chi connectivity index (χ4v) is 3.16. The summed E-state index contributed by atoms with van der Waals surface area (Å²) in [5.74, 6) is 1.48. The molecule has 2 rings (SSSR count). The molecule has 0 amide bonds. The summed E-state index contributed by atoms with van der Waals surface area (Å²) < 4.78 is 14.2. The molecule has 0 saturated carbocycles. The van der Waals surface area contributed by atoms with Gasteiger partial charge in [-0.2, -0.15) is 0 Å². The van der Waals surface area contributed by atoms with Gasteiger partial charge in [-0.05, 0) is 35.4 Å². The van der Waals surface area contributed by atoms with Crippen LogP contribution in [0.25, 0.3) is 0 Å². The summed E-state index contributed by atoms with van der Waals surface area (Å²) in [5, 5.41) is 0. The Balaban J connectivity index is 2.50. The second-order valence-corrected chi connectivity index (χ2v) is 7.23. The van der Waals surface area contributed by atoms with Crippen molar-refractivity contribution in [2.45, 2.75) is 9.71 Å². The summed E-state index contributed by atoms with van der Waals surface area (Å²) in [6.45, 7) is 0. The summed E-state index contributed by atoms with van der Waals surface area (Å²) in [6, 6.07) is 12.9. The van der Waals surface area contributed by atoms with Crippen molar-refractivity contribution < 1.29 is 14.2 Å². The SMILES string of the molecule is COc1ccc(C(c2ccc(OC)c(OC)c2)C(Cl)(Cl)Cl)cc1. The normalized spacial score (nSPS) is 12.6. The first-order chi connectivity index (χ1) is 10.9. The number of halogens is 3. The van der Waals surface area contributed by atoms with Crippen LogP contribution in [0.4, 0.5) is 0 Å². The van der Waals surface area contributed by atoms with E-state index >= 15 is 0 Å². The third-order valence-corrected chi connectivity index (χ3v) is 4.17. The first-order valence-corrected chi connectivity index (χ1v) is 7.96. The molecule has 2 aromatic carbocycles. The molecule has 2 aromatic rings. The number of methoxy groups -OCH3 is 3. The van der Waals surface area contributed by atoms with Crippen molar-refractivity contribution in [3.63, 3.8) is 0 Å². The predicted molar refractivity (Wildman–Crippen MR) is 94.7 cm³/mol.